The van der Waals surface area contributed by atoms with E-state index in [-0.39, 0.29) is 18.3 Å². The van der Waals surface area contributed by atoms with Gasteiger partial charge in [-0.1, -0.05) is 15.9 Å². The van der Waals surface area contributed by atoms with Gasteiger partial charge in [0.25, 0.3) is 5.91 Å². The zero-order valence-electron chi connectivity index (χ0n) is 11.9. The van der Waals surface area contributed by atoms with Crippen molar-refractivity contribution in [1.82, 2.24) is 5.43 Å². The van der Waals surface area contributed by atoms with Gasteiger partial charge in [0.15, 0.2) is 6.61 Å². The number of amides is 1. The van der Waals surface area contributed by atoms with Crippen LogP contribution in [-0.2, 0) is 4.79 Å². The van der Waals surface area contributed by atoms with Crippen molar-refractivity contribution in [2.45, 2.75) is 6.92 Å². The van der Waals surface area contributed by atoms with Crippen LogP contribution >= 0.6 is 15.9 Å². The van der Waals surface area contributed by atoms with Gasteiger partial charge in [0.1, 0.15) is 11.5 Å². The van der Waals surface area contributed by atoms with E-state index in [4.69, 9.17) is 4.74 Å². The molecule has 6 heteroatoms. The molecule has 0 saturated heterocycles. The minimum Gasteiger partial charge on any atom is -0.508 e. The van der Waals surface area contributed by atoms with Crippen LogP contribution in [0.1, 0.15) is 12.5 Å². The number of halogens is 1. The highest BCUT2D eigenvalue weighted by atomic mass is 79.9. The number of aromatic hydroxyl groups is 1. The molecule has 0 radical (unpaired) electrons. The van der Waals surface area contributed by atoms with Crippen LogP contribution in [0.15, 0.2) is 58.1 Å². The van der Waals surface area contributed by atoms with E-state index in [1.54, 1.807) is 43.3 Å². The summed E-state index contributed by atoms with van der Waals surface area (Å²) in [7, 11) is 0. The lowest BCUT2D eigenvalue weighted by atomic mass is 10.1. The molecule has 0 saturated carbocycles. The summed E-state index contributed by atoms with van der Waals surface area (Å²) in [5, 5.41) is 13.2. The van der Waals surface area contributed by atoms with E-state index >= 15 is 0 Å². The summed E-state index contributed by atoms with van der Waals surface area (Å²) in [6.45, 7) is 1.65. The summed E-state index contributed by atoms with van der Waals surface area (Å²) < 4.78 is 6.28. The van der Waals surface area contributed by atoms with Gasteiger partial charge >= 0.3 is 0 Å². The van der Waals surface area contributed by atoms with Gasteiger partial charge < -0.3 is 9.84 Å². The van der Waals surface area contributed by atoms with Crippen LogP contribution in [0.2, 0.25) is 0 Å². The van der Waals surface area contributed by atoms with E-state index in [0.717, 1.165) is 10.0 Å². The van der Waals surface area contributed by atoms with Gasteiger partial charge in [0.2, 0.25) is 0 Å². The number of hydrogen-bond donors (Lipinski definition) is 2. The van der Waals surface area contributed by atoms with Crippen molar-refractivity contribution >= 4 is 27.5 Å². The molecule has 22 heavy (non-hydrogen) atoms. The summed E-state index contributed by atoms with van der Waals surface area (Å²) in [4.78, 5) is 11.7. The molecule has 0 fully saturated rings. The molecular formula is C16H15BrN2O3. The average Bonchev–Trinajstić information content (AvgIpc) is 2.52. The van der Waals surface area contributed by atoms with Gasteiger partial charge in [-0.2, -0.15) is 5.10 Å². The minimum absolute atomic E-state index is 0.117. The van der Waals surface area contributed by atoms with Crippen LogP contribution in [0.25, 0.3) is 0 Å². The number of hydrogen-bond acceptors (Lipinski definition) is 4. The van der Waals surface area contributed by atoms with E-state index in [1.165, 1.54) is 0 Å². The Hall–Kier alpha value is -2.34. The molecule has 2 N–H and O–H groups in total. The van der Waals surface area contributed by atoms with Crippen LogP contribution in [0.5, 0.6) is 11.5 Å². The van der Waals surface area contributed by atoms with Crippen molar-refractivity contribution in [3.63, 3.8) is 0 Å². The molecule has 0 aliphatic rings. The monoisotopic (exact) mass is 362 g/mol. The normalized spacial score (nSPS) is 11.1. The standard InChI is InChI=1S/C16H15BrN2O3/c1-11(12-2-6-14(20)7-3-12)18-19-16(21)10-22-15-8-4-13(17)5-9-15/h2-9,20H,10H2,1H3,(H,19,21)/b18-11+. The van der Waals surface area contributed by atoms with E-state index in [1.807, 2.05) is 12.1 Å². The van der Waals surface area contributed by atoms with E-state index in [0.29, 0.717) is 11.5 Å². The summed E-state index contributed by atoms with van der Waals surface area (Å²) in [6, 6.07) is 13.8. The third-order valence-electron chi connectivity index (χ3n) is 2.82. The van der Waals surface area contributed by atoms with Crippen LogP contribution in [0.4, 0.5) is 0 Å². The number of carbonyl (C=O) groups excluding carboxylic acids is 1. The Balaban J connectivity index is 1.85. The van der Waals surface area contributed by atoms with Gasteiger partial charge in [-0.05, 0) is 61.0 Å². The summed E-state index contributed by atoms with van der Waals surface area (Å²) in [5.74, 6) is 0.446. The summed E-state index contributed by atoms with van der Waals surface area (Å²) >= 11 is 3.32. The lowest BCUT2D eigenvalue weighted by molar-refractivity contribution is -0.123. The van der Waals surface area contributed by atoms with Crippen LogP contribution in [0, 0.1) is 0 Å². The van der Waals surface area contributed by atoms with E-state index in [2.05, 4.69) is 26.5 Å². The molecule has 0 unspecified atom stereocenters. The minimum atomic E-state index is -0.346. The van der Waals surface area contributed by atoms with Gasteiger partial charge in [0, 0.05) is 4.47 Å². The molecule has 0 spiro atoms. The third kappa shape index (κ3) is 4.89. The predicted octanol–water partition coefficient (Wildman–Crippen LogP) is 3.07. The Bertz CT molecular complexity index is 667. The maximum atomic E-state index is 11.7. The number of carbonyl (C=O) groups is 1. The van der Waals surface area contributed by atoms with Gasteiger partial charge in [-0.25, -0.2) is 5.43 Å². The molecule has 114 valence electrons. The first-order valence-corrected chi connectivity index (χ1v) is 7.35. The molecule has 0 aliphatic carbocycles. The molecule has 0 atom stereocenters. The highest BCUT2D eigenvalue weighted by Crippen LogP contribution is 2.15. The van der Waals surface area contributed by atoms with Gasteiger partial charge in [-0.15, -0.1) is 0 Å². The van der Waals surface area contributed by atoms with E-state index in [9.17, 15) is 9.90 Å². The van der Waals surface area contributed by atoms with Gasteiger partial charge in [-0.3, -0.25) is 4.79 Å². The highest BCUT2D eigenvalue weighted by molar-refractivity contribution is 9.10. The highest BCUT2D eigenvalue weighted by Gasteiger charge is 2.03. The average molecular weight is 363 g/mol. The van der Waals surface area contributed by atoms with Crippen LogP contribution < -0.4 is 10.2 Å². The maximum absolute atomic E-state index is 11.7. The second-order valence-corrected chi connectivity index (χ2v) is 5.44. The van der Waals surface area contributed by atoms with Crippen molar-refractivity contribution in [2.24, 2.45) is 5.10 Å². The van der Waals surface area contributed by atoms with Crippen molar-refractivity contribution in [2.75, 3.05) is 6.61 Å². The zero-order valence-corrected chi connectivity index (χ0v) is 13.5. The van der Waals surface area contributed by atoms with Crippen LogP contribution in [0.3, 0.4) is 0 Å². The second-order valence-electron chi connectivity index (χ2n) is 4.52. The van der Waals surface area contributed by atoms with Crippen molar-refractivity contribution in [1.29, 1.82) is 0 Å². The Labute approximate surface area is 136 Å². The molecule has 2 rings (SSSR count). The Morgan fingerprint density at radius 2 is 1.82 bits per heavy atom. The van der Waals surface area contributed by atoms with Crippen LogP contribution in [-0.4, -0.2) is 23.3 Å². The summed E-state index contributed by atoms with van der Waals surface area (Å²) in [6.07, 6.45) is 0. The molecule has 0 aliphatic heterocycles. The van der Waals surface area contributed by atoms with Crippen molar-refractivity contribution in [3.8, 4) is 11.5 Å². The predicted molar refractivity (Wildman–Crippen MR) is 88.1 cm³/mol. The number of benzene rings is 2. The molecular weight excluding hydrogens is 348 g/mol. The lowest BCUT2D eigenvalue weighted by Gasteiger charge is -2.06. The number of rotatable bonds is 5. The molecule has 2 aromatic carbocycles. The first-order chi connectivity index (χ1) is 10.5. The van der Waals surface area contributed by atoms with Gasteiger partial charge in [0.05, 0.1) is 5.71 Å². The third-order valence-corrected chi connectivity index (χ3v) is 3.35. The number of phenols is 1. The largest absolute Gasteiger partial charge is 0.508 e. The summed E-state index contributed by atoms with van der Waals surface area (Å²) in [5.41, 5.74) is 3.88. The smallest absolute Gasteiger partial charge is 0.277 e. The maximum Gasteiger partial charge on any atom is 0.277 e. The lowest BCUT2D eigenvalue weighted by Crippen LogP contribution is -2.25. The topological polar surface area (TPSA) is 70.9 Å². The molecule has 1 amide bonds. The van der Waals surface area contributed by atoms with E-state index < -0.39 is 0 Å². The number of hydrazone groups is 1. The Kier molecular flexibility index (Phi) is 5.55. The fourth-order valence-corrected chi connectivity index (χ4v) is 1.89. The zero-order chi connectivity index (χ0) is 15.9. The fraction of sp³-hybridized carbons (Fsp3) is 0.125. The number of ether oxygens (including phenoxy) is 1. The molecule has 2 aromatic rings. The Morgan fingerprint density at radius 1 is 1.18 bits per heavy atom. The molecule has 0 aromatic heterocycles. The van der Waals surface area contributed by atoms with Crippen molar-refractivity contribution in [3.05, 3.63) is 58.6 Å². The van der Waals surface area contributed by atoms with Crippen molar-refractivity contribution < 1.29 is 14.6 Å². The number of phenolic OH excluding ortho intramolecular Hbond substituents is 1. The number of nitrogens with one attached hydrogen (secondary N) is 1. The second kappa shape index (κ2) is 7.61. The fourth-order valence-electron chi connectivity index (χ4n) is 1.63. The Morgan fingerprint density at radius 3 is 2.45 bits per heavy atom. The quantitative estimate of drug-likeness (QED) is 0.634. The first-order valence-electron chi connectivity index (χ1n) is 6.55. The molecule has 5 nitrogen and oxygen atoms in total. The SMILES string of the molecule is C/C(=N\NC(=O)COc1ccc(Br)cc1)c1ccc(O)cc1. The molecule has 0 bridgehead atoms. The molecule has 0 heterocycles. The number of nitrogens with zero attached hydrogens (tertiary/aromatic N) is 1. The first kappa shape index (κ1) is 16.0.